The van der Waals surface area contributed by atoms with Crippen LogP contribution in [-0.2, 0) is 0 Å². The second kappa shape index (κ2) is 9.26. The van der Waals surface area contributed by atoms with Gasteiger partial charge in [0.2, 0.25) is 0 Å². The number of nitrogens with two attached hydrogens (primary N) is 1. The van der Waals surface area contributed by atoms with Gasteiger partial charge in [0.25, 0.3) is 5.91 Å². The van der Waals surface area contributed by atoms with Crippen molar-refractivity contribution in [1.29, 1.82) is 0 Å². The molecule has 5 rings (SSSR count). The number of hydrogen-bond acceptors (Lipinski definition) is 5. The first-order valence-electron chi connectivity index (χ1n) is 12.2. The van der Waals surface area contributed by atoms with Gasteiger partial charge < -0.3 is 15.5 Å². The average Bonchev–Trinajstić information content (AvgIpc) is 3.54. The van der Waals surface area contributed by atoms with Crippen LogP contribution >= 0.6 is 11.3 Å². The van der Waals surface area contributed by atoms with Crippen LogP contribution in [-0.4, -0.2) is 79.0 Å². The van der Waals surface area contributed by atoms with Crippen molar-refractivity contribution in [2.75, 3.05) is 46.3 Å². The molecule has 3 saturated heterocycles. The molecule has 32 heavy (non-hydrogen) atoms. The summed E-state index contributed by atoms with van der Waals surface area (Å²) in [6, 6.07) is 12.2. The van der Waals surface area contributed by atoms with E-state index in [9.17, 15) is 4.79 Å². The van der Waals surface area contributed by atoms with E-state index in [1.807, 2.05) is 11.8 Å². The number of thiophene rings is 1. The molecule has 1 aromatic carbocycles. The second-order valence-electron chi connectivity index (χ2n) is 10.1. The first-order chi connectivity index (χ1) is 15.5. The van der Waals surface area contributed by atoms with Crippen molar-refractivity contribution in [1.82, 2.24) is 14.7 Å². The van der Waals surface area contributed by atoms with Crippen LogP contribution in [0, 0.1) is 6.92 Å². The summed E-state index contributed by atoms with van der Waals surface area (Å²) < 4.78 is 0. The molecule has 1 amide bonds. The van der Waals surface area contributed by atoms with Crippen LogP contribution in [0.3, 0.4) is 0 Å². The Morgan fingerprint density at radius 3 is 2.38 bits per heavy atom. The largest absolute Gasteiger partial charge is 0.336 e. The van der Waals surface area contributed by atoms with Crippen molar-refractivity contribution in [3.63, 3.8) is 0 Å². The summed E-state index contributed by atoms with van der Waals surface area (Å²) in [5.74, 6) is 0.810. The Hall–Kier alpha value is -1.73. The molecule has 4 heterocycles. The van der Waals surface area contributed by atoms with Crippen molar-refractivity contribution in [3.05, 3.63) is 46.3 Å². The number of likely N-dealkylation sites (tertiary alicyclic amines) is 3. The highest BCUT2D eigenvalue weighted by molar-refractivity contribution is 7.17. The Balaban J connectivity index is 1.22. The lowest BCUT2D eigenvalue weighted by atomic mass is 9.88. The Bertz CT molecular complexity index is 947. The molecule has 0 aliphatic carbocycles. The van der Waals surface area contributed by atoms with Gasteiger partial charge in [0.15, 0.2) is 0 Å². The zero-order valence-electron chi connectivity index (χ0n) is 19.4. The minimum absolute atomic E-state index is 0.123. The van der Waals surface area contributed by atoms with Crippen LogP contribution in [0.2, 0.25) is 0 Å². The third-order valence-corrected chi connectivity index (χ3v) is 8.98. The van der Waals surface area contributed by atoms with Crippen molar-refractivity contribution in [3.8, 4) is 10.4 Å². The van der Waals surface area contributed by atoms with Crippen LogP contribution in [0.25, 0.3) is 10.4 Å². The number of amides is 1. The van der Waals surface area contributed by atoms with Gasteiger partial charge in [-0.2, -0.15) is 0 Å². The van der Waals surface area contributed by atoms with Gasteiger partial charge in [0, 0.05) is 36.6 Å². The van der Waals surface area contributed by atoms with Gasteiger partial charge in [0.05, 0.1) is 4.88 Å². The fraction of sp³-hybridized carbons (Fsp3) is 0.577. The lowest BCUT2D eigenvalue weighted by Crippen LogP contribution is -2.42. The Morgan fingerprint density at radius 1 is 1.00 bits per heavy atom. The summed E-state index contributed by atoms with van der Waals surface area (Å²) in [5, 5.41) is 0. The van der Waals surface area contributed by atoms with Crippen LogP contribution in [0.4, 0.5) is 0 Å². The molecule has 2 atom stereocenters. The second-order valence-corrected chi connectivity index (χ2v) is 11.1. The molecular formula is C26H36N4OS. The number of benzene rings is 1. The maximum absolute atomic E-state index is 12.9. The maximum atomic E-state index is 12.9. The number of piperidine rings is 1. The van der Waals surface area contributed by atoms with Crippen LogP contribution in [0.5, 0.6) is 0 Å². The van der Waals surface area contributed by atoms with E-state index < -0.39 is 0 Å². The summed E-state index contributed by atoms with van der Waals surface area (Å²) in [4.78, 5) is 22.1. The first kappa shape index (κ1) is 22.1. The topological polar surface area (TPSA) is 52.8 Å². The quantitative estimate of drug-likeness (QED) is 0.767. The molecule has 0 bridgehead atoms. The fourth-order valence-corrected chi connectivity index (χ4v) is 6.83. The number of hydrogen-bond donors (Lipinski definition) is 1. The van der Waals surface area contributed by atoms with Crippen molar-refractivity contribution >= 4 is 17.2 Å². The number of rotatable bonds is 4. The predicted molar refractivity (Wildman–Crippen MR) is 132 cm³/mol. The van der Waals surface area contributed by atoms with Crippen molar-refractivity contribution < 1.29 is 4.79 Å². The van der Waals surface area contributed by atoms with Crippen molar-refractivity contribution in [2.24, 2.45) is 5.73 Å². The summed E-state index contributed by atoms with van der Waals surface area (Å²) in [6.07, 6.45) is 4.74. The minimum Gasteiger partial charge on any atom is -0.336 e. The van der Waals surface area contributed by atoms with Gasteiger partial charge in [0.1, 0.15) is 0 Å². The van der Waals surface area contributed by atoms with E-state index in [2.05, 4.69) is 47.2 Å². The van der Waals surface area contributed by atoms with E-state index in [1.165, 1.54) is 61.4 Å². The normalized spacial score (nSPS) is 25.7. The Labute approximate surface area is 196 Å². The van der Waals surface area contributed by atoms with E-state index in [1.54, 1.807) is 11.3 Å². The lowest BCUT2D eigenvalue weighted by molar-refractivity contribution is 0.0795. The smallest absolute Gasteiger partial charge is 0.264 e. The van der Waals surface area contributed by atoms with Gasteiger partial charge >= 0.3 is 0 Å². The molecule has 2 aromatic rings. The number of carbonyl (C=O) groups excluding carboxylic acids is 1. The molecule has 172 valence electrons. The summed E-state index contributed by atoms with van der Waals surface area (Å²) >= 11 is 1.62. The number of carbonyl (C=O) groups is 1. The fourth-order valence-electron chi connectivity index (χ4n) is 5.68. The van der Waals surface area contributed by atoms with Gasteiger partial charge in [-0.15, -0.1) is 11.3 Å². The molecule has 3 aliphatic heterocycles. The first-order valence-corrected chi connectivity index (χ1v) is 13.0. The van der Waals surface area contributed by atoms with Gasteiger partial charge in [-0.1, -0.05) is 24.3 Å². The predicted octanol–water partition coefficient (Wildman–Crippen LogP) is 3.78. The number of likely N-dealkylation sites (N-methyl/N-ethyl adjacent to an activating group) is 1. The van der Waals surface area contributed by atoms with Gasteiger partial charge in [-0.05, 0) is 88.0 Å². The van der Waals surface area contributed by atoms with Crippen LogP contribution in [0.15, 0.2) is 30.3 Å². The van der Waals surface area contributed by atoms with E-state index in [0.29, 0.717) is 12.5 Å². The third kappa shape index (κ3) is 4.51. The third-order valence-electron chi connectivity index (χ3n) is 7.70. The molecule has 6 heteroatoms. The molecule has 0 spiro atoms. The van der Waals surface area contributed by atoms with Gasteiger partial charge in [-0.3, -0.25) is 9.69 Å². The molecule has 0 saturated carbocycles. The van der Waals surface area contributed by atoms with Crippen LogP contribution in [0.1, 0.15) is 52.4 Å². The highest BCUT2D eigenvalue weighted by Gasteiger charge is 2.30. The van der Waals surface area contributed by atoms with E-state index in [4.69, 9.17) is 5.73 Å². The zero-order valence-corrected chi connectivity index (χ0v) is 20.2. The average molecular weight is 453 g/mol. The molecule has 0 radical (unpaired) electrons. The molecule has 2 N–H and O–H groups in total. The molecule has 3 fully saturated rings. The maximum Gasteiger partial charge on any atom is 0.264 e. The Morgan fingerprint density at radius 2 is 1.75 bits per heavy atom. The number of nitrogens with zero attached hydrogens (tertiary/aromatic N) is 3. The minimum atomic E-state index is 0.123. The van der Waals surface area contributed by atoms with E-state index in [0.717, 1.165) is 29.4 Å². The molecule has 3 aliphatic rings. The zero-order chi connectivity index (χ0) is 22.2. The van der Waals surface area contributed by atoms with Gasteiger partial charge in [-0.25, -0.2) is 0 Å². The summed E-state index contributed by atoms with van der Waals surface area (Å²) in [6.45, 7) is 8.42. The summed E-state index contributed by atoms with van der Waals surface area (Å²) in [7, 11) is 2.24. The van der Waals surface area contributed by atoms with Crippen LogP contribution < -0.4 is 5.73 Å². The van der Waals surface area contributed by atoms with E-state index >= 15 is 0 Å². The molecular weight excluding hydrogens is 416 g/mol. The Kier molecular flexibility index (Phi) is 6.39. The SMILES string of the molecule is Cc1cc(-c2ccc(C3CCN(C4CCN(C)C4)CC3)cc2)sc1C(=O)N1CC[C@H](N)C1. The van der Waals surface area contributed by atoms with E-state index in [-0.39, 0.29) is 11.9 Å². The monoisotopic (exact) mass is 452 g/mol. The number of aryl methyl sites for hydroxylation is 1. The lowest BCUT2D eigenvalue weighted by Gasteiger charge is -2.36. The highest BCUT2D eigenvalue weighted by Crippen LogP contribution is 2.35. The van der Waals surface area contributed by atoms with Crippen molar-refractivity contribution in [2.45, 2.75) is 50.6 Å². The molecule has 5 nitrogen and oxygen atoms in total. The highest BCUT2D eigenvalue weighted by atomic mass is 32.1. The summed E-state index contributed by atoms with van der Waals surface area (Å²) in [5.41, 5.74) is 9.75. The standard InChI is InChI=1S/C26H36N4OS/c1-18-15-24(32-25(18)26(31)30-14-9-22(27)16-30)21-5-3-19(4-6-21)20-7-12-29(13-8-20)23-10-11-28(2)17-23/h3-6,15,20,22-23H,7-14,16-17,27H2,1-2H3/t22-,23?/m0/s1. The molecule has 1 aromatic heterocycles. The molecule has 1 unspecified atom stereocenters.